The number of methoxy groups -OCH3 is 1. The van der Waals surface area contributed by atoms with E-state index in [1.54, 1.807) is 0 Å². The van der Waals surface area contributed by atoms with Crippen LogP contribution in [0.2, 0.25) is 0 Å². The number of hydrogen-bond donors (Lipinski definition) is 2. The number of aliphatic hydroxyl groups is 1. The molecule has 0 bridgehead atoms. The first kappa shape index (κ1) is 17.6. The van der Waals surface area contributed by atoms with E-state index < -0.39 is 16.0 Å². The fourth-order valence-electron chi connectivity index (χ4n) is 1.74. The Balaban J connectivity index is 2.83. The second-order valence-electron chi connectivity index (χ2n) is 4.37. The van der Waals surface area contributed by atoms with Crippen LogP contribution in [-0.4, -0.2) is 62.3 Å². The minimum atomic E-state index is -3.60. The molecule has 0 spiro atoms. The van der Waals surface area contributed by atoms with Crippen molar-refractivity contribution in [1.82, 2.24) is 4.31 Å². The molecule has 1 rings (SSSR count). The molecule has 0 saturated heterocycles. The first-order valence-corrected chi connectivity index (χ1v) is 7.91. The number of carboxylic acid groups (broad SMARTS) is 1. The number of ether oxygens (including phenoxy) is 1. The molecule has 0 aliphatic heterocycles. The van der Waals surface area contributed by atoms with Gasteiger partial charge in [0.05, 0.1) is 24.5 Å². The van der Waals surface area contributed by atoms with Gasteiger partial charge in [-0.15, -0.1) is 0 Å². The van der Waals surface area contributed by atoms with E-state index in [4.69, 9.17) is 14.9 Å². The summed E-state index contributed by atoms with van der Waals surface area (Å²) in [6.07, 6.45) is 0. The Labute approximate surface area is 123 Å². The van der Waals surface area contributed by atoms with Crippen molar-refractivity contribution in [2.24, 2.45) is 0 Å². The Hall–Kier alpha value is -1.48. The van der Waals surface area contributed by atoms with Crippen LogP contribution in [0.5, 0.6) is 0 Å². The summed E-state index contributed by atoms with van der Waals surface area (Å²) in [5, 5.41) is 17.7. The molecule has 21 heavy (non-hydrogen) atoms. The van der Waals surface area contributed by atoms with Crippen LogP contribution in [0.25, 0.3) is 0 Å². The van der Waals surface area contributed by atoms with Gasteiger partial charge < -0.3 is 14.9 Å². The molecule has 0 fully saturated rings. The molecule has 0 atom stereocenters. The summed E-state index contributed by atoms with van der Waals surface area (Å²) in [7, 11) is -2.13. The molecule has 0 amide bonds. The monoisotopic (exact) mass is 317 g/mol. The molecule has 0 aliphatic rings. The molecule has 0 unspecified atom stereocenters. The van der Waals surface area contributed by atoms with E-state index in [-0.39, 0.29) is 37.6 Å². The van der Waals surface area contributed by atoms with Gasteiger partial charge in [0.25, 0.3) is 0 Å². The topological polar surface area (TPSA) is 104 Å². The number of carbonyl (C=O) groups is 1. The van der Waals surface area contributed by atoms with Crippen molar-refractivity contribution < 1.29 is 28.2 Å². The summed E-state index contributed by atoms with van der Waals surface area (Å²) in [5.41, 5.74) is 0.586. The van der Waals surface area contributed by atoms with Crippen LogP contribution >= 0.6 is 0 Å². The highest BCUT2D eigenvalue weighted by Crippen LogP contribution is 2.12. The van der Waals surface area contributed by atoms with Crippen molar-refractivity contribution in [1.29, 1.82) is 0 Å². The van der Waals surface area contributed by atoms with E-state index in [1.807, 2.05) is 0 Å². The van der Waals surface area contributed by atoms with Crippen molar-refractivity contribution in [3.05, 3.63) is 35.4 Å². The van der Waals surface area contributed by atoms with Gasteiger partial charge in [0.2, 0.25) is 10.0 Å². The Kier molecular flexibility index (Phi) is 6.76. The Bertz CT molecular complexity index is 555. The van der Waals surface area contributed by atoms with E-state index in [0.717, 1.165) is 4.31 Å². The van der Waals surface area contributed by atoms with Crippen molar-refractivity contribution in [2.75, 3.05) is 33.4 Å². The van der Waals surface area contributed by atoms with E-state index in [2.05, 4.69) is 0 Å². The van der Waals surface area contributed by atoms with Crippen LogP contribution in [0.3, 0.4) is 0 Å². The average molecular weight is 317 g/mol. The maximum atomic E-state index is 12.3. The molecular weight excluding hydrogens is 298 g/mol. The smallest absolute Gasteiger partial charge is 0.335 e. The summed E-state index contributed by atoms with van der Waals surface area (Å²) in [6, 6.07) is 5.65. The lowest BCUT2D eigenvalue weighted by Crippen LogP contribution is -2.37. The molecule has 8 heteroatoms. The van der Waals surface area contributed by atoms with Gasteiger partial charge in [-0.1, -0.05) is 12.1 Å². The average Bonchev–Trinajstić information content (AvgIpc) is 2.43. The third kappa shape index (κ3) is 5.43. The van der Waals surface area contributed by atoms with Gasteiger partial charge >= 0.3 is 5.97 Å². The zero-order chi connectivity index (χ0) is 15.9. The second-order valence-corrected chi connectivity index (χ2v) is 6.34. The minimum absolute atomic E-state index is 0.00109. The van der Waals surface area contributed by atoms with E-state index >= 15 is 0 Å². The van der Waals surface area contributed by atoms with Crippen LogP contribution in [-0.2, 0) is 20.5 Å². The third-order valence-corrected chi connectivity index (χ3v) is 4.69. The van der Waals surface area contributed by atoms with Crippen LogP contribution in [0.15, 0.2) is 24.3 Å². The second kappa shape index (κ2) is 8.08. The Morgan fingerprint density at radius 3 is 2.33 bits per heavy atom. The number of aliphatic hydroxyl groups excluding tert-OH is 1. The molecule has 0 aromatic heterocycles. The number of nitrogens with zero attached hydrogens (tertiary/aromatic N) is 1. The van der Waals surface area contributed by atoms with E-state index in [1.165, 1.54) is 31.4 Å². The summed E-state index contributed by atoms with van der Waals surface area (Å²) >= 11 is 0. The lowest BCUT2D eigenvalue weighted by molar-refractivity contribution is 0.0697. The largest absolute Gasteiger partial charge is 0.478 e. The fourth-order valence-corrected chi connectivity index (χ4v) is 3.25. The van der Waals surface area contributed by atoms with Crippen LogP contribution < -0.4 is 0 Å². The maximum Gasteiger partial charge on any atom is 0.335 e. The third-order valence-electron chi connectivity index (χ3n) is 2.84. The predicted molar refractivity (Wildman–Crippen MR) is 76.6 cm³/mol. The number of sulfonamides is 1. The zero-order valence-electron chi connectivity index (χ0n) is 11.7. The van der Waals surface area contributed by atoms with Crippen LogP contribution in [0.4, 0.5) is 0 Å². The molecule has 2 N–H and O–H groups in total. The number of hydrogen-bond acceptors (Lipinski definition) is 5. The van der Waals surface area contributed by atoms with Gasteiger partial charge in [0.1, 0.15) is 0 Å². The van der Waals surface area contributed by atoms with Crippen molar-refractivity contribution in [3.63, 3.8) is 0 Å². The molecule has 7 nitrogen and oxygen atoms in total. The van der Waals surface area contributed by atoms with Gasteiger partial charge in [0, 0.05) is 20.2 Å². The fraction of sp³-hybridized carbons (Fsp3) is 0.462. The molecule has 1 aromatic carbocycles. The van der Waals surface area contributed by atoms with Gasteiger partial charge in [-0.25, -0.2) is 13.2 Å². The summed E-state index contributed by atoms with van der Waals surface area (Å²) in [6.45, 7) is 0.115. The van der Waals surface area contributed by atoms with Gasteiger partial charge in [-0.3, -0.25) is 0 Å². The van der Waals surface area contributed by atoms with Crippen molar-refractivity contribution >= 4 is 16.0 Å². The lowest BCUT2D eigenvalue weighted by Gasteiger charge is -2.20. The standard InChI is InChI=1S/C13H19NO6S/c1-20-9-7-14(6-8-15)21(18,19)10-11-2-4-12(5-3-11)13(16)17/h2-5,15H,6-10H2,1H3,(H,16,17). The van der Waals surface area contributed by atoms with Gasteiger partial charge in [-0.2, -0.15) is 4.31 Å². The summed E-state index contributed by atoms with van der Waals surface area (Å²) in [5.74, 6) is -1.32. The maximum absolute atomic E-state index is 12.3. The predicted octanol–water partition coefficient (Wildman–Crippen LogP) is 0.155. The Morgan fingerprint density at radius 2 is 1.86 bits per heavy atom. The first-order chi connectivity index (χ1) is 9.90. The SMILES string of the molecule is COCCN(CCO)S(=O)(=O)Cc1ccc(C(=O)O)cc1. The van der Waals surface area contributed by atoms with Gasteiger partial charge in [-0.05, 0) is 17.7 Å². The number of benzene rings is 1. The van der Waals surface area contributed by atoms with E-state index in [9.17, 15) is 13.2 Å². The molecule has 0 aliphatic carbocycles. The van der Waals surface area contributed by atoms with Gasteiger partial charge in [0.15, 0.2) is 0 Å². The highest BCUT2D eigenvalue weighted by Gasteiger charge is 2.21. The minimum Gasteiger partial charge on any atom is -0.478 e. The Morgan fingerprint density at radius 1 is 1.24 bits per heavy atom. The quantitative estimate of drug-likeness (QED) is 0.672. The number of carboxylic acids is 1. The molecular formula is C13H19NO6S. The summed E-state index contributed by atoms with van der Waals surface area (Å²) < 4.78 is 30.5. The molecule has 0 saturated carbocycles. The number of aromatic carboxylic acids is 1. The van der Waals surface area contributed by atoms with Crippen molar-refractivity contribution in [2.45, 2.75) is 5.75 Å². The first-order valence-electron chi connectivity index (χ1n) is 6.30. The van der Waals surface area contributed by atoms with E-state index in [0.29, 0.717) is 5.56 Å². The molecule has 0 heterocycles. The van der Waals surface area contributed by atoms with Crippen LogP contribution in [0.1, 0.15) is 15.9 Å². The number of rotatable bonds is 9. The highest BCUT2D eigenvalue weighted by molar-refractivity contribution is 7.88. The molecule has 118 valence electrons. The van der Waals surface area contributed by atoms with Crippen molar-refractivity contribution in [3.8, 4) is 0 Å². The normalized spacial score (nSPS) is 11.8. The summed E-state index contributed by atoms with van der Waals surface area (Å²) in [4.78, 5) is 10.7. The zero-order valence-corrected chi connectivity index (χ0v) is 12.5. The lowest BCUT2D eigenvalue weighted by atomic mass is 10.1. The van der Waals surface area contributed by atoms with Crippen LogP contribution in [0, 0.1) is 0 Å². The molecule has 0 radical (unpaired) electrons. The molecule has 1 aromatic rings. The highest BCUT2D eigenvalue weighted by atomic mass is 32.2.